The molecule has 1 aliphatic carbocycles. The number of cyclic esters (lactones) is 1. The normalized spacial score (nSPS) is 38.8. The maximum absolute atomic E-state index is 12.0. The number of carbonyl (C=O) groups is 3. The van der Waals surface area contributed by atoms with Crippen LogP contribution < -0.4 is 0 Å². The summed E-state index contributed by atoms with van der Waals surface area (Å²) >= 11 is 0. The summed E-state index contributed by atoms with van der Waals surface area (Å²) in [5, 5.41) is 8.77. The first-order chi connectivity index (χ1) is 8.08. The van der Waals surface area contributed by atoms with Gasteiger partial charge in [0, 0.05) is 19.0 Å². The number of hydrogen-bond acceptors (Lipinski definition) is 4. The molecule has 4 atom stereocenters. The van der Waals surface area contributed by atoms with E-state index in [0.717, 1.165) is 0 Å². The van der Waals surface area contributed by atoms with Gasteiger partial charge in [0.15, 0.2) is 0 Å². The van der Waals surface area contributed by atoms with Crippen molar-refractivity contribution in [1.29, 1.82) is 0 Å². The summed E-state index contributed by atoms with van der Waals surface area (Å²) < 4.78 is 4.91. The van der Waals surface area contributed by atoms with Gasteiger partial charge in [-0.25, -0.2) is 0 Å². The fourth-order valence-electron chi connectivity index (χ4n) is 2.76. The van der Waals surface area contributed by atoms with Gasteiger partial charge in [-0.3, -0.25) is 14.4 Å². The van der Waals surface area contributed by atoms with Gasteiger partial charge in [0.25, 0.3) is 0 Å². The van der Waals surface area contributed by atoms with E-state index < -0.39 is 11.9 Å². The Morgan fingerprint density at radius 2 is 2.06 bits per heavy atom. The fraction of sp³-hybridized carbons (Fsp3) is 0.727. The maximum atomic E-state index is 12.0. The molecule has 3 aliphatic rings. The molecule has 1 saturated carbocycles. The lowest BCUT2D eigenvalue weighted by Gasteiger charge is -2.16. The Kier molecular flexibility index (Phi) is 2.14. The zero-order valence-electron chi connectivity index (χ0n) is 9.17. The number of carboxylic acids is 1. The van der Waals surface area contributed by atoms with Gasteiger partial charge in [-0.1, -0.05) is 0 Å². The van der Waals surface area contributed by atoms with Crippen molar-refractivity contribution in [1.82, 2.24) is 4.90 Å². The number of carboxylic acid groups (broad SMARTS) is 1. The van der Waals surface area contributed by atoms with Gasteiger partial charge in [-0.05, 0) is 6.42 Å². The van der Waals surface area contributed by atoms with Crippen LogP contribution in [0.1, 0.15) is 6.42 Å². The van der Waals surface area contributed by atoms with Crippen LogP contribution in [0.25, 0.3) is 0 Å². The summed E-state index contributed by atoms with van der Waals surface area (Å²) in [4.78, 5) is 35.6. The predicted octanol–water partition coefficient (Wildman–Crippen LogP) is -0.661. The van der Waals surface area contributed by atoms with Crippen molar-refractivity contribution in [3.05, 3.63) is 0 Å². The Morgan fingerprint density at radius 3 is 2.65 bits per heavy atom. The lowest BCUT2D eigenvalue weighted by molar-refractivity contribution is -0.144. The first-order valence-corrected chi connectivity index (χ1v) is 5.76. The SMILES string of the molecule is O=C1OC[C@H]2CN(C(=O)[C@@H]3C[C@H]3C(=O)O)C[C@@H]12. The second kappa shape index (κ2) is 3.45. The van der Waals surface area contributed by atoms with E-state index in [1.807, 2.05) is 0 Å². The molecular formula is C11H13NO5. The summed E-state index contributed by atoms with van der Waals surface area (Å²) in [6.45, 7) is 1.31. The van der Waals surface area contributed by atoms with Gasteiger partial charge in [-0.2, -0.15) is 0 Å². The van der Waals surface area contributed by atoms with Gasteiger partial charge < -0.3 is 14.7 Å². The molecule has 1 amide bonds. The molecule has 0 spiro atoms. The molecule has 2 heterocycles. The summed E-state index contributed by atoms with van der Waals surface area (Å²) in [5.41, 5.74) is 0. The van der Waals surface area contributed by atoms with Crippen molar-refractivity contribution >= 4 is 17.8 Å². The van der Waals surface area contributed by atoms with Crippen LogP contribution in [0.15, 0.2) is 0 Å². The number of ether oxygens (including phenoxy) is 1. The molecule has 2 aliphatic heterocycles. The predicted molar refractivity (Wildman–Crippen MR) is 53.8 cm³/mol. The Labute approximate surface area is 97.5 Å². The highest BCUT2D eigenvalue weighted by molar-refractivity contribution is 5.90. The minimum atomic E-state index is -0.901. The molecule has 0 unspecified atom stereocenters. The number of nitrogens with zero attached hydrogens (tertiary/aromatic N) is 1. The van der Waals surface area contributed by atoms with E-state index >= 15 is 0 Å². The lowest BCUT2D eigenvalue weighted by Crippen LogP contribution is -2.33. The van der Waals surface area contributed by atoms with E-state index in [9.17, 15) is 14.4 Å². The van der Waals surface area contributed by atoms with Gasteiger partial charge in [0.05, 0.1) is 24.4 Å². The second-order valence-electron chi connectivity index (χ2n) is 5.03. The van der Waals surface area contributed by atoms with E-state index in [1.54, 1.807) is 4.90 Å². The Morgan fingerprint density at radius 1 is 1.29 bits per heavy atom. The first kappa shape index (κ1) is 10.6. The van der Waals surface area contributed by atoms with Crippen molar-refractivity contribution in [2.75, 3.05) is 19.7 Å². The van der Waals surface area contributed by atoms with Gasteiger partial charge in [-0.15, -0.1) is 0 Å². The van der Waals surface area contributed by atoms with Gasteiger partial charge in [0.2, 0.25) is 5.91 Å². The largest absolute Gasteiger partial charge is 0.481 e. The third-order valence-electron chi connectivity index (χ3n) is 3.92. The zero-order valence-corrected chi connectivity index (χ0v) is 9.17. The zero-order chi connectivity index (χ0) is 12.2. The van der Waals surface area contributed by atoms with Crippen molar-refractivity contribution in [3.8, 4) is 0 Å². The van der Waals surface area contributed by atoms with E-state index in [0.29, 0.717) is 26.1 Å². The maximum Gasteiger partial charge on any atom is 0.311 e. The van der Waals surface area contributed by atoms with Crippen LogP contribution in [0.2, 0.25) is 0 Å². The molecule has 0 bridgehead atoms. The Balaban J connectivity index is 1.63. The average molecular weight is 239 g/mol. The number of fused-ring (bicyclic) bond motifs is 1. The van der Waals surface area contributed by atoms with Crippen LogP contribution in [-0.2, 0) is 19.1 Å². The number of amides is 1. The molecular weight excluding hydrogens is 226 g/mol. The summed E-state index contributed by atoms with van der Waals surface area (Å²) in [5.74, 6) is -2.22. The molecule has 3 fully saturated rings. The Hall–Kier alpha value is -1.59. The molecule has 0 aromatic rings. The average Bonchev–Trinajstić information content (AvgIpc) is 2.87. The van der Waals surface area contributed by atoms with Crippen LogP contribution in [0.4, 0.5) is 0 Å². The van der Waals surface area contributed by atoms with Crippen LogP contribution >= 0.6 is 0 Å². The second-order valence-corrected chi connectivity index (χ2v) is 5.03. The van der Waals surface area contributed by atoms with E-state index in [-0.39, 0.29) is 29.6 Å². The Bertz CT molecular complexity index is 407. The van der Waals surface area contributed by atoms with Crippen LogP contribution in [0.3, 0.4) is 0 Å². The fourth-order valence-corrected chi connectivity index (χ4v) is 2.76. The number of hydrogen-bond donors (Lipinski definition) is 1. The molecule has 0 radical (unpaired) electrons. The number of esters is 1. The number of carbonyl (C=O) groups excluding carboxylic acids is 2. The number of aliphatic carboxylic acids is 1. The van der Waals surface area contributed by atoms with Crippen LogP contribution in [0.5, 0.6) is 0 Å². The topological polar surface area (TPSA) is 83.9 Å². The van der Waals surface area contributed by atoms with E-state index in [1.165, 1.54) is 0 Å². The van der Waals surface area contributed by atoms with Gasteiger partial charge >= 0.3 is 11.9 Å². The minimum Gasteiger partial charge on any atom is -0.481 e. The van der Waals surface area contributed by atoms with Crippen molar-refractivity contribution in [3.63, 3.8) is 0 Å². The smallest absolute Gasteiger partial charge is 0.311 e. The third-order valence-corrected chi connectivity index (χ3v) is 3.92. The molecule has 92 valence electrons. The summed E-state index contributed by atoms with van der Waals surface area (Å²) in [7, 11) is 0. The van der Waals surface area contributed by atoms with E-state index in [2.05, 4.69) is 0 Å². The number of rotatable bonds is 2. The summed E-state index contributed by atoms with van der Waals surface area (Å²) in [6.07, 6.45) is 0.435. The highest BCUT2D eigenvalue weighted by Gasteiger charge is 2.53. The highest BCUT2D eigenvalue weighted by Crippen LogP contribution is 2.42. The quantitative estimate of drug-likeness (QED) is 0.647. The molecule has 1 N–H and O–H groups in total. The van der Waals surface area contributed by atoms with Crippen molar-refractivity contribution in [2.45, 2.75) is 6.42 Å². The highest BCUT2D eigenvalue weighted by atomic mass is 16.5. The first-order valence-electron chi connectivity index (χ1n) is 5.76. The minimum absolute atomic E-state index is 0.105. The molecule has 3 rings (SSSR count). The van der Waals surface area contributed by atoms with Crippen LogP contribution in [-0.4, -0.2) is 47.5 Å². The molecule has 6 nitrogen and oxygen atoms in total. The lowest BCUT2D eigenvalue weighted by atomic mass is 10.0. The molecule has 6 heteroatoms. The standard InChI is InChI=1S/C11H13NO5/c13-9(6-1-7(6)10(14)15)12-2-5-4-17-11(16)8(5)3-12/h5-8H,1-4H2,(H,14,15)/t5-,6-,7-,8-/m1/s1. The summed E-state index contributed by atoms with van der Waals surface area (Å²) in [6, 6.07) is 0. The molecule has 0 aromatic carbocycles. The van der Waals surface area contributed by atoms with Crippen molar-refractivity contribution in [2.24, 2.45) is 23.7 Å². The third kappa shape index (κ3) is 1.59. The number of likely N-dealkylation sites (tertiary alicyclic amines) is 1. The van der Waals surface area contributed by atoms with E-state index in [4.69, 9.17) is 9.84 Å². The molecule has 17 heavy (non-hydrogen) atoms. The van der Waals surface area contributed by atoms with Crippen molar-refractivity contribution < 1.29 is 24.2 Å². The van der Waals surface area contributed by atoms with Gasteiger partial charge in [0.1, 0.15) is 0 Å². The van der Waals surface area contributed by atoms with Crippen LogP contribution in [0, 0.1) is 23.7 Å². The molecule has 0 aromatic heterocycles. The monoisotopic (exact) mass is 239 g/mol. The molecule has 2 saturated heterocycles.